The number of carbonyl (C=O) groups excluding carboxylic acids is 1. The number of anilines is 1. The Bertz CT molecular complexity index is 938. The molecule has 24 heavy (non-hydrogen) atoms. The fourth-order valence-electron chi connectivity index (χ4n) is 2.60. The number of carbonyl (C=O) groups is 1. The molecule has 0 aliphatic heterocycles. The fourth-order valence-corrected chi connectivity index (χ4v) is 2.75. The second kappa shape index (κ2) is 6.49. The molecular formula is C19H17ClN2O2. The molecule has 1 heterocycles. The summed E-state index contributed by atoms with van der Waals surface area (Å²) in [6.07, 6.45) is 1.66. The van der Waals surface area contributed by atoms with Crippen molar-refractivity contribution in [3.05, 3.63) is 64.3 Å². The van der Waals surface area contributed by atoms with Crippen LogP contribution in [0.15, 0.2) is 42.6 Å². The van der Waals surface area contributed by atoms with Gasteiger partial charge in [0.05, 0.1) is 18.3 Å². The number of hydrogen-bond acceptors (Lipinski definition) is 3. The highest BCUT2D eigenvalue weighted by atomic mass is 35.5. The monoisotopic (exact) mass is 340 g/mol. The van der Waals surface area contributed by atoms with E-state index in [1.54, 1.807) is 31.5 Å². The van der Waals surface area contributed by atoms with Gasteiger partial charge in [0.1, 0.15) is 5.75 Å². The minimum atomic E-state index is -0.201. The molecule has 0 radical (unpaired) electrons. The molecule has 0 unspecified atom stereocenters. The van der Waals surface area contributed by atoms with Crippen molar-refractivity contribution in [3.8, 4) is 5.75 Å². The number of fused-ring (bicyclic) bond motifs is 1. The highest BCUT2D eigenvalue weighted by Crippen LogP contribution is 2.29. The minimum Gasteiger partial charge on any atom is -0.496 e. The van der Waals surface area contributed by atoms with Crippen LogP contribution in [0.4, 0.5) is 5.69 Å². The van der Waals surface area contributed by atoms with E-state index >= 15 is 0 Å². The van der Waals surface area contributed by atoms with Gasteiger partial charge in [-0.3, -0.25) is 9.78 Å². The second-order valence-corrected chi connectivity index (χ2v) is 5.97. The fraction of sp³-hybridized carbons (Fsp3) is 0.158. The number of pyridine rings is 1. The van der Waals surface area contributed by atoms with E-state index in [1.807, 2.05) is 32.0 Å². The Hall–Kier alpha value is -2.59. The van der Waals surface area contributed by atoms with E-state index in [9.17, 15) is 4.79 Å². The molecule has 4 nitrogen and oxygen atoms in total. The molecule has 1 N–H and O–H groups in total. The first-order chi connectivity index (χ1) is 11.5. The van der Waals surface area contributed by atoms with Crippen LogP contribution in [0.3, 0.4) is 0 Å². The largest absolute Gasteiger partial charge is 0.496 e. The van der Waals surface area contributed by atoms with Crippen molar-refractivity contribution in [2.75, 3.05) is 12.4 Å². The molecule has 0 bridgehead atoms. The maximum absolute atomic E-state index is 12.6. The van der Waals surface area contributed by atoms with E-state index in [-0.39, 0.29) is 5.91 Å². The number of rotatable bonds is 3. The van der Waals surface area contributed by atoms with E-state index in [0.717, 1.165) is 22.0 Å². The van der Waals surface area contributed by atoms with Crippen LogP contribution < -0.4 is 10.1 Å². The zero-order valence-electron chi connectivity index (χ0n) is 13.7. The molecule has 3 rings (SSSR count). The van der Waals surface area contributed by atoms with Crippen molar-refractivity contribution < 1.29 is 9.53 Å². The predicted octanol–water partition coefficient (Wildman–Crippen LogP) is 4.77. The summed E-state index contributed by atoms with van der Waals surface area (Å²) in [5, 5.41) is 4.45. The Morgan fingerprint density at radius 3 is 2.71 bits per heavy atom. The van der Waals surface area contributed by atoms with Gasteiger partial charge in [-0.15, -0.1) is 0 Å². The molecule has 0 saturated heterocycles. The molecular weight excluding hydrogens is 324 g/mol. The molecule has 3 aromatic rings. The van der Waals surface area contributed by atoms with Gasteiger partial charge >= 0.3 is 0 Å². The van der Waals surface area contributed by atoms with Crippen LogP contribution in [-0.4, -0.2) is 18.0 Å². The summed E-state index contributed by atoms with van der Waals surface area (Å²) in [5.41, 5.74) is 3.88. The number of ether oxygens (including phenoxy) is 1. The van der Waals surface area contributed by atoms with Gasteiger partial charge in [-0.05, 0) is 55.3 Å². The molecule has 0 saturated carbocycles. The lowest BCUT2D eigenvalue weighted by molar-refractivity contribution is 0.102. The molecule has 5 heteroatoms. The molecule has 1 amide bonds. The number of halogens is 1. The topological polar surface area (TPSA) is 51.2 Å². The Morgan fingerprint density at radius 1 is 1.17 bits per heavy atom. The number of amides is 1. The van der Waals surface area contributed by atoms with Crippen LogP contribution in [0.25, 0.3) is 10.9 Å². The van der Waals surface area contributed by atoms with Crippen molar-refractivity contribution in [1.29, 1.82) is 0 Å². The van der Waals surface area contributed by atoms with Crippen LogP contribution in [0.1, 0.15) is 21.5 Å². The van der Waals surface area contributed by atoms with Crippen LogP contribution >= 0.6 is 11.6 Å². The molecule has 0 aliphatic carbocycles. The van der Waals surface area contributed by atoms with Crippen molar-refractivity contribution >= 4 is 34.1 Å². The summed E-state index contributed by atoms with van der Waals surface area (Å²) in [6.45, 7) is 3.84. The van der Waals surface area contributed by atoms with Crippen LogP contribution in [-0.2, 0) is 0 Å². The Kier molecular flexibility index (Phi) is 4.40. The van der Waals surface area contributed by atoms with Gasteiger partial charge in [0.15, 0.2) is 0 Å². The maximum atomic E-state index is 12.6. The summed E-state index contributed by atoms with van der Waals surface area (Å²) in [6, 6.07) is 10.8. The maximum Gasteiger partial charge on any atom is 0.255 e. The molecule has 1 aromatic heterocycles. The number of nitrogens with one attached hydrogen (secondary N) is 1. The Labute approximate surface area is 145 Å². The van der Waals surface area contributed by atoms with Crippen LogP contribution in [0, 0.1) is 13.8 Å². The van der Waals surface area contributed by atoms with Gasteiger partial charge < -0.3 is 10.1 Å². The number of nitrogens with zero attached hydrogens (tertiary/aromatic N) is 1. The number of aromatic nitrogens is 1. The average Bonchev–Trinajstić information content (AvgIpc) is 2.59. The van der Waals surface area contributed by atoms with E-state index in [2.05, 4.69) is 10.3 Å². The number of benzene rings is 2. The molecule has 0 atom stereocenters. The van der Waals surface area contributed by atoms with Crippen LogP contribution in [0.5, 0.6) is 5.75 Å². The van der Waals surface area contributed by atoms with E-state index in [0.29, 0.717) is 22.0 Å². The van der Waals surface area contributed by atoms with Gasteiger partial charge in [-0.2, -0.15) is 0 Å². The third kappa shape index (κ3) is 2.93. The summed E-state index contributed by atoms with van der Waals surface area (Å²) < 4.78 is 5.28. The first kappa shape index (κ1) is 16.3. The summed E-state index contributed by atoms with van der Waals surface area (Å²) in [7, 11) is 1.59. The van der Waals surface area contributed by atoms with Crippen molar-refractivity contribution in [1.82, 2.24) is 4.98 Å². The quantitative estimate of drug-likeness (QED) is 0.747. The van der Waals surface area contributed by atoms with Crippen molar-refractivity contribution in [3.63, 3.8) is 0 Å². The first-order valence-electron chi connectivity index (χ1n) is 7.51. The highest BCUT2D eigenvalue weighted by Gasteiger charge is 2.12. The molecule has 0 aliphatic rings. The third-order valence-electron chi connectivity index (χ3n) is 4.02. The van der Waals surface area contributed by atoms with E-state index < -0.39 is 0 Å². The summed E-state index contributed by atoms with van der Waals surface area (Å²) in [5.74, 6) is 0.485. The van der Waals surface area contributed by atoms with Crippen molar-refractivity contribution in [2.45, 2.75) is 13.8 Å². The first-order valence-corrected chi connectivity index (χ1v) is 7.89. The lowest BCUT2D eigenvalue weighted by Gasteiger charge is -2.11. The smallest absolute Gasteiger partial charge is 0.255 e. The third-order valence-corrected chi connectivity index (χ3v) is 4.43. The number of methoxy groups -OCH3 is 1. The summed E-state index contributed by atoms with van der Waals surface area (Å²) >= 11 is 6.15. The second-order valence-electron chi connectivity index (χ2n) is 5.57. The SMILES string of the molecule is COc1cc(C(=O)Nc2ccnc3c(C)c(Cl)ccc23)ccc1C. The van der Waals surface area contributed by atoms with Gasteiger partial charge in [0.25, 0.3) is 5.91 Å². The lowest BCUT2D eigenvalue weighted by Crippen LogP contribution is -2.12. The van der Waals surface area contributed by atoms with Gasteiger partial charge in [-0.1, -0.05) is 17.7 Å². The Morgan fingerprint density at radius 2 is 1.96 bits per heavy atom. The zero-order chi connectivity index (χ0) is 17.3. The highest BCUT2D eigenvalue weighted by molar-refractivity contribution is 6.32. The molecule has 0 fully saturated rings. The number of aryl methyl sites for hydroxylation is 2. The van der Waals surface area contributed by atoms with Gasteiger partial charge in [0.2, 0.25) is 0 Å². The van der Waals surface area contributed by atoms with Gasteiger partial charge in [0, 0.05) is 22.2 Å². The molecule has 0 spiro atoms. The molecule has 122 valence electrons. The normalized spacial score (nSPS) is 10.7. The summed E-state index contributed by atoms with van der Waals surface area (Å²) in [4.78, 5) is 16.9. The van der Waals surface area contributed by atoms with Crippen LogP contribution in [0.2, 0.25) is 5.02 Å². The van der Waals surface area contributed by atoms with E-state index in [1.165, 1.54) is 0 Å². The van der Waals surface area contributed by atoms with E-state index in [4.69, 9.17) is 16.3 Å². The average molecular weight is 341 g/mol. The predicted molar refractivity (Wildman–Crippen MR) is 97.2 cm³/mol. The molecule has 2 aromatic carbocycles. The Balaban J connectivity index is 1.98. The minimum absolute atomic E-state index is 0.201. The standard InChI is InChI=1S/C19H17ClN2O2/c1-11-4-5-13(10-17(11)24-3)19(23)22-16-8-9-21-18-12(2)15(20)7-6-14(16)18/h4-10H,1-3H3,(H,21,22,23). The zero-order valence-corrected chi connectivity index (χ0v) is 14.4. The number of hydrogen-bond donors (Lipinski definition) is 1. The van der Waals surface area contributed by atoms with Gasteiger partial charge in [-0.25, -0.2) is 0 Å². The lowest BCUT2D eigenvalue weighted by atomic mass is 10.1. The van der Waals surface area contributed by atoms with Crippen molar-refractivity contribution in [2.24, 2.45) is 0 Å².